The van der Waals surface area contributed by atoms with E-state index in [9.17, 15) is 4.79 Å². The smallest absolute Gasteiger partial charge is 0.275 e. The lowest BCUT2D eigenvalue weighted by atomic mass is 10.1. The zero-order chi connectivity index (χ0) is 21.4. The van der Waals surface area contributed by atoms with E-state index in [0.29, 0.717) is 17.4 Å². The number of carbonyl (C=O) groups is 1. The molecule has 9 heteroatoms. The van der Waals surface area contributed by atoms with Crippen molar-refractivity contribution in [2.24, 2.45) is 5.92 Å². The van der Waals surface area contributed by atoms with Crippen molar-refractivity contribution in [3.63, 3.8) is 0 Å². The molecule has 1 aliphatic carbocycles. The van der Waals surface area contributed by atoms with Crippen LogP contribution in [0.15, 0.2) is 30.7 Å². The molecule has 0 bridgehead atoms. The van der Waals surface area contributed by atoms with Crippen molar-refractivity contribution in [3.8, 4) is 5.75 Å². The van der Waals surface area contributed by atoms with Gasteiger partial charge in [-0.25, -0.2) is 14.5 Å². The van der Waals surface area contributed by atoms with Gasteiger partial charge in [0.2, 0.25) is 0 Å². The highest BCUT2D eigenvalue weighted by Gasteiger charge is 2.27. The third-order valence-electron chi connectivity index (χ3n) is 5.91. The Balaban J connectivity index is 1.24. The summed E-state index contributed by atoms with van der Waals surface area (Å²) >= 11 is 0. The van der Waals surface area contributed by atoms with Gasteiger partial charge in [0.1, 0.15) is 11.5 Å². The fourth-order valence-corrected chi connectivity index (χ4v) is 4.02. The average molecular weight is 422 g/mol. The van der Waals surface area contributed by atoms with Crippen LogP contribution in [0, 0.1) is 12.8 Å². The van der Waals surface area contributed by atoms with E-state index >= 15 is 0 Å². The van der Waals surface area contributed by atoms with Crippen LogP contribution in [-0.2, 0) is 0 Å². The lowest BCUT2D eigenvalue weighted by Crippen LogP contribution is -2.28. The summed E-state index contributed by atoms with van der Waals surface area (Å²) in [5.74, 6) is 1.65. The number of amides is 1. The number of hydrogen-bond acceptors (Lipinski definition) is 7. The number of hydrogen-bond donors (Lipinski definition) is 2. The van der Waals surface area contributed by atoms with Crippen molar-refractivity contribution in [2.45, 2.75) is 32.2 Å². The monoisotopic (exact) mass is 421 g/mol. The molecule has 4 heterocycles. The standard InChI is InChI=1S/C22H27N7O2/c1-14-7-17-8-18(20(31-2)13-29(17)27-14)26-22(30)19-10-25-21(11-24-19)28-6-5-15(12-28)9-23-16-3-4-16/h7-8,10-11,13,15-16,23H,3-6,9,12H2,1-2H3,(H,26,30)/t15-/m1/s1. The number of nitrogens with one attached hydrogen (secondary N) is 2. The second kappa shape index (κ2) is 8.14. The Morgan fingerprint density at radius 1 is 1.23 bits per heavy atom. The molecule has 1 aliphatic heterocycles. The molecule has 2 aliphatic rings. The Morgan fingerprint density at radius 2 is 2.10 bits per heavy atom. The van der Waals surface area contributed by atoms with E-state index in [4.69, 9.17) is 4.74 Å². The topological polar surface area (TPSA) is 96.7 Å². The third kappa shape index (κ3) is 4.32. The number of rotatable bonds is 7. The first-order valence-corrected chi connectivity index (χ1v) is 10.7. The molecule has 9 nitrogen and oxygen atoms in total. The van der Waals surface area contributed by atoms with Gasteiger partial charge >= 0.3 is 0 Å². The van der Waals surface area contributed by atoms with Gasteiger partial charge in [-0.1, -0.05) is 0 Å². The first-order valence-electron chi connectivity index (χ1n) is 10.7. The van der Waals surface area contributed by atoms with E-state index in [-0.39, 0.29) is 11.6 Å². The van der Waals surface area contributed by atoms with Crippen LogP contribution in [0.1, 0.15) is 35.4 Å². The zero-order valence-corrected chi connectivity index (χ0v) is 17.8. The van der Waals surface area contributed by atoms with E-state index in [0.717, 1.165) is 49.1 Å². The van der Waals surface area contributed by atoms with Gasteiger partial charge in [0.25, 0.3) is 5.91 Å². The van der Waals surface area contributed by atoms with Crippen molar-refractivity contribution < 1.29 is 9.53 Å². The van der Waals surface area contributed by atoms with Gasteiger partial charge in [0.05, 0.1) is 42.6 Å². The number of ether oxygens (including phenoxy) is 1. The molecule has 1 amide bonds. The molecule has 162 valence electrons. The molecular formula is C22H27N7O2. The fourth-order valence-electron chi connectivity index (χ4n) is 4.02. The number of fused-ring (bicyclic) bond motifs is 1. The zero-order valence-electron chi connectivity index (χ0n) is 17.8. The van der Waals surface area contributed by atoms with E-state index in [1.807, 2.05) is 19.1 Å². The van der Waals surface area contributed by atoms with Crippen LogP contribution in [0.4, 0.5) is 11.5 Å². The first kappa shape index (κ1) is 19.7. The number of aromatic nitrogens is 4. The number of carbonyl (C=O) groups excluding carboxylic acids is 1. The summed E-state index contributed by atoms with van der Waals surface area (Å²) in [4.78, 5) is 23.9. The lowest BCUT2D eigenvalue weighted by molar-refractivity contribution is 0.102. The number of pyridine rings is 1. The molecule has 1 saturated heterocycles. The van der Waals surface area contributed by atoms with Gasteiger partial charge in [0, 0.05) is 19.1 Å². The molecule has 0 unspecified atom stereocenters. The van der Waals surface area contributed by atoms with Crippen molar-refractivity contribution in [1.29, 1.82) is 0 Å². The van der Waals surface area contributed by atoms with E-state index in [2.05, 4.69) is 30.6 Å². The third-order valence-corrected chi connectivity index (χ3v) is 5.91. The number of nitrogens with zero attached hydrogens (tertiary/aromatic N) is 5. The van der Waals surface area contributed by atoms with Crippen molar-refractivity contribution >= 4 is 22.9 Å². The minimum Gasteiger partial charge on any atom is -0.493 e. The molecular weight excluding hydrogens is 394 g/mol. The van der Waals surface area contributed by atoms with E-state index in [1.165, 1.54) is 19.0 Å². The Hall–Kier alpha value is -3.20. The summed E-state index contributed by atoms with van der Waals surface area (Å²) in [6.07, 6.45) is 8.75. The van der Waals surface area contributed by atoms with Crippen LogP contribution in [0.25, 0.3) is 5.52 Å². The van der Waals surface area contributed by atoms with Gasteiger partial charge in [-0.05, 0) is 50.8 Å². The molecule has 2 fully saturated rings. The Kier molecular flexibility index (Phi) is 5.19. The normalized spacial score (nSPS) is 18.5. The average Bonchev–Trinajstić information content (AvgIpc) is 3.36. The first-order chi connectivity index (χ1) is 15.1. The molecule has 1 saturated carbocycles. The molecule has 5 rings (SSSR count). The maximum Gasteiger partial charge on any atom is 0.275 e. The van der Waals surface area contributed by atoms with Crippen LogP contribution in [0.2, 0.25) is 0 Å². The van der Waals surface area contributed by atoms with Crippen molar-refractivity contribution in [2.75, 3.05) is 37.0 Å². The van der Waals surface area contributed by atoms with Crippen LogP contribution in [-0.4, -0.2) is 58.3 Å². The van der Waals surface area contributed by atoms with Gasteiger partial charge < -0.3 is 20.3 Å². The number of methoxy groups -OCH3 is 1. The van der Waals surface area contributed by atoms with Gasteiger partial charge in [-0.15, -0.1) is 0 Å². The largest absolute Gasteiger partial charge is 0.493 e. The molecule has 1 atom stereocenters. The van der Waals surface area contributed by atoms with Crippen LogP contribution < -0.4 is 20.3 Å². The molecule has 3 aromatic heterocycles. The van der Waals surface area contributed by atoms with Crippen LogP contribution in [0.5, 0.6) is 5.75 Å². The molecule has 0 spiro atoms. The predicted molar refractivity (Wildman–Crippen MR) is 118 cm³/mol. The minimum atomic E-state index is -0.328. The highest BCUT2D eigenvalue weighted by molar-refractivity contribution is 6.03. The summed E-state index contributed by atoms with van der Waals surface area (Å²) in [6.45, 7) is 4.93. The summed E-state index contributed by atoms with van der Waals surface area (Å²) in [5.41, 5.74) is 2.59. The molecule has 0 radical (unpaired) electrons. The molecule has 3 aromatic rings. The van der Waals surface area contributed by atoms with Crippen molar-refractivity contribution in [3.05, 3.63) is 42.1 Å². The summed E-state index contributed by atoms with van der Waals surface area (Å²) < 4.78 is 7.14. The Labute approximate surface area is 180 Å². The molecule has 31 heavy (non-hydrogen) atoms. The Bertz CT molecular complexity index is 1090. The van der Waals surface area contributed by atoms with Gasteiger partial charge in [-0.3, -0.25) is 4.79 Å². The predicted octanol–water partition coefficient (Wildman–Crippen LogP) is 2.27. The van der Waals surface area contributed by atoms with Crippen LogP contribution >= 0.6 is 0 Å². The van der Waals surface area contributed by atoms with Crippen molar-refractivity contribution in [1.82, 2.24) is 24.9 Å². The highest BCUT2D eigenvalue weighted by Crippen LogP contribution is 2.27. The quantitative estimate of drug-likeness (QED) is 0.604. The summed E-state index contributed by atoms with van der Waals surface area (Å²) in [6, 6.07) is 4.51. The number of aryl methyl sites for hydroxylation is 1. The maximum absolute atomic E-state index is 12.7. The van der Waals surface area contributed by atoms with E-state index < -0.39 is 0 Å². The number of anilines is 2. The minimum absolute atomic E-state index is 0.265. The second-order valence-corrected chi connectivity index (χ2v) is 8.41. The highest BCUT2D eigenvalue weighted by atomic mass is 16.5. The molecule has 0 aromatic carbocycles. The SMILES string of the molecule is COc1cn2nc(C)cc2cc1NC(=O)c1cnc(N2CC[C@H](CNC3CC3)C2)cn1. The fraction of sp³-hybridized carbons (Fsp3) is 0.455. The maximum atomic E-state index is 12.7. The molecule has 2 N–H and O–H groups in total. The summed E-state index contributed by atoms with van der Waals surface area (Å²) in [7, 11) is 1.56. The summed E-state index contributed by atoms with van der Waals surface area (Å²) in [5, 5.41) is 10.9. The Morgan fingerprint density at radius 3 is 2.84 bits per heavy atom. The lowest BCUT2D eigenvalue weighted by Gasteiger charge is -2.17. The van der Waals surface area contributed by atoms with Crippen LogP contribution in [0.3, 0.4) is 0 Å². The van der Waals surface area contributed by atoms with Gasteiger partial charge in [-0.2, -0.15) is 5.10 Å². The second-order valence-electron chi connectivity index (χ2n) is 8.41. The van der Waals surface area contributed by atoms with Gasteiger partial charge in [0.15, 0.2) is 5.75 Å². The van der Waals surface area contributed by atoms with E-state index in [1.54, 1.807) is 24.0 Å².